The van der Waals surface area contributed by atoms with Gasteiger partial charge in [0.25, 0.3) is 0 Å². The average Bonchev–Trinajstić information content (AvgIpc) is 2.87. The highest BCUT2D eigenvalue weighted by atomic mass is 19.1. The zero-order valence-corrected chi connectivity index (χ0v) is 22.7. The number of aryl methyl sites for hydroxylation is 1. The van der Waals surface area contributed by atoms with Gasteiger partial charge in [-0.1, -0.05) is 38.1 Å². The fraction of sp³-hybridized carbons (Fsp3) is 0.419. The number of methoxy groups -OCH3 is 1. The molecule has 202 valence electrons. The van der Waals surface area contributed by atoms with E-state index < -0.39 is 5.97 Å². The van der Waals surface area contributed by atoms with Crippen LogP contribution in [0.4, 0.5) is 10.1 Å². The third-order valence-corrected chi connectivity index (χ3v) is 7.31. The number of hydrogen-bond donors (Lipinski definition) is 1. The summed E-state index contributed by atoms with van der Waals surface area (Å²) in [6.07, 6.45) is 2.65. The second-order valence-electron chi connectivity index (χ2n) is 10.8. The number of aliphatic carboxylic acids is 1. The van der Waals surface area contributed by atoms with Crippen LogP contribution >= 0.6 is 0 Å². The summed E-state index contributed by atoms with van der Waals surface area (Å²) < 4.78 is 24.6. The summed E-state index contributed by atoms with van der Waals surface area (Å²) in [7, 11) is 1.65. The number of rotatable bonds is 10. The SMILES string of the molecule is COCc1nc(C)c(CC(=O)O)c(N2CCC(C)(C)CC2)c1-c1ccc(OCCc2ccc(F)cc2)cc1. The standard InChI is InChI=1S/C31H37FN2O4/c1-21-26(19-28(35)36)30(34-16-14-31(2,3)15-17-34)29(27(33-21)20-37-4)23-7-11-25(12-8-23)38-18-13-22-5-9-24(32)10-6-22/h5-12H,13-20H2,1-4H3,(H,35,36). The molecule has 7 heteroatoms. The molecule has 1 aromatic heterocycles. The summed E-state index contributed by atoms with van der Waals surface area (Å²) in [6.45, 7) is 8.96. The summed E-state index contributed by atoms with van der Waals surface area (Å²) in [5, 5.41) is 9.74. The number of pyridine rings is 1. The van der Waals surface area contributed by atoms with Crippen LogP contribution in [0.15, 0.2) is 48.5 Å². The minimum absolute atomic E-state index is 0.0844. The van der Waals surface area contributed by atoms with E-state index in [0.29, 0.717) is 19.6 Å². The van der Waals surface area contributed by atoms with Crippen molar-refractivity contribution >= 4 is 11.7 Å². The van der Waals surface area contributed by atoms with Crippen molar-refractivity contribution in [3.8, 4) is 16.9 Å². The van der Waals surface area contributed by atoms with E-state index in [-0.39, 0.29) is 17.7 Å². The first-order chi connectivity index (χ1) is 18.2. The Balaban J connectivity index is 1.66. The molecular formula is C31H37FN2O4. The first kappa shape index (κ1) is 27.6. The molecule has 0 aliphatic carbocycles. The molecule has 1 saturated heterocycles. The number of nitrogens with zero attached hydrogens (tertiary/aromatic N) is 2. The first-order valence-corrected chi connectivity index (χ1v) is 13.1. The van der Waals surface area contributed by atoms with E-state index in [9.17, 15) is 14.3 Å². The number of piperidine rings is 1. The zero-order chi connectivity index (χ0) is 27.3. The van der Waals surface area contributed by atoms with E-state index in [1.165, 1.54) is 12.1 Å². The summed E-state index contributed by atoms with van der Waals surface area (Å²) in [5.41, 5.74) is 6.37. The summed E-state index contributed by atoms with van der Waals surface area (Å²) in [5.74, 6) is -0.386. The van der Waals surface area contributed by atoms with Crippen molar-refractivity contribution < 1.29 is 23.8 Å². The second-order valence-corrected chi connectivity index (χ2v) is 10.8. The van der Waals surface area contributed by atoms with Crippen LogP contribution in [-0.4, -0.2) is 42.9 Å². The van der Waals surface area contributed by atoms with Gasteiger partial charge in [-0.3, -0.25) is 9.78 Å². The number of halogens is 1. The van der Waals surface area contributed by atoms with Crippen molar-refractivity contribution in [2.45, 2.75) is 53.1 Å². The van der Waals surface area contributed by atoms with E-state index in [4.69, 9.17) is 14.5 Å². The Kier molecular flexibility index (Phi) is 8.67. The van der Waals surface area contributed by atoms with Crippen molar-refractivity contribution in [1.29, 1.82) is 0 Å². The maximum atomic E-state index is 13.1. The highest BCUT2D eigenvalue weighted by Crippen LogP contribution is 2.42. The maximum absolute atomic E-state index is 13.1. The molecule has 1 aliphatic heterocycles. The Morgan fingerprint density at radius 2 is 1.74 bits per heavy atom. The van der Waals surface area contributed by atoms with Gasteiger partial charge >= 0.3 is 5.97 Å². The average molecular weight is 521 g/mol. The van der Waals surface area contributed by atoms with Gasteiger partial charge in [0.15, 0.2) is 0 Å². The van der Waals surface area contributed by atoms with Crippen molar-refractivity contribution in [2.75, 3.05) is 31.7 Å². The quantitative estimate of drug-likeness (QED) is 0.342. The van der Waals surface area contributed by atoms with Crippen LogP contribution in [0, 0.1) is 18.2 Å². The van der Waals surface area contributed by atoms with Gasteiger partial charge in [-0.15, -0.1) is 0 Å². The van der Waals surface area contributed by atoms with Crippen LogP contribution in [0.5, 0.6) is 5.75 Å². The summed E-state index contributed by atoms with van der Waals surface area (Å²) >= 11 is 0. The predicted octanol–water partition coefficient (Wildman–Crippen LogP) is 6.22. The molecule has 1 N–H and O–H groups in total. The summed E-state index contributed by atoms with van der Waals surface area (Å²) in [6, 6.07) is 14.3. The van der Waals surface area contributed by atoms with Gasteiger partial charge in [-0.05, 0) is 60.6 Å². The Morgan fingerprint density at radius 3 is 2.34 bits per heavy atom. The van der Waals surface area contributed by atoms with Crippen molar-refractivity contribution in [2.24, 2.45) is 5.41 Å². The Labute approximate surface area is 224 Å². The van der Waals surface area contributed by atoms with E-state index in [1.807, 2.05) is 31.2 Å². The van der Waals surface area contributed by atoms with Crippen molar-refractivity contribution in [1.82, 2.24) is 4.98 Å². The topological polar surface area (TPSA) is 71.9 Å². The molecule has 0 unspecified atom stereocenters. The lowest BCUT2D eigenvalue weighted by molar-refractivity contribution is -0.136. The molecule has 1 aliphatic rings. The zero-order valence-electron chi connectivity index (χ0n) is 22.7. The molecule has 2 heterocycles. The highest BCUT2D eigenvalue weighted by molar-refractivity contribution is 5.86. The number of benzene rings is 2. The number of carboxylic acid groups (broad SMARTS) is 1. The van der Waals surface area contributed by atoms with E-state index in [0.717, 1.165) is 71.0 Å². The minimum atomic E-state index is -0.871. The molecule has 4 rings (SSSR count). The Hall–Kier alpha value is -3.45. The molecule has 2 aromatic carbocycles. The van der Waals surface area contributed by atoms with Crippen LogP contribution in [-0.2, 0) is 29.0 Å². The number of hydrogen-bond acceptors (Lipinski definition) is 5. The number of carbonyl (C=O) groups is 1. The third-order valence-electron chi connectivity index (χ3n) is 7.31. The molecule has 1 fully saturated rings. The molecular weight excluding hydrogens is 483 g/mol. The molecule has 0 saturated carbocycles. The van der Waals surface area contributed by atoms with E-state index in [1.54, 1.807) is 19.2 Å². The molecule has 0 bridgehead atoms. The number of ether oxygens (including phenoxy) is 2. The normalized spacial score (nSPS) is 14.9. The Bertz CT molecular complexity index is 1250. The number of aromatic nitrogens is 1. The van der Waals surface area contributed by atoms with Crippen molar-refractivity contribution in [3.63, 3.8) is 0 Å². The molecule has 3 aromatic rings. The first-order valence-electron chi connectivity index (χ1n) is 13.1. The molecule has 0 spiro atoms. The predicted molar refractivity (Wildman–Crippen MR) is 147 cm³/mol. The van der Waals surface area contributed by atoms with Gasteiger partial charge in [0.05, 0.1) is 31.0 Å². The number of anilines is 1. The molecule has 0 atom stereocenters. The van der Waals surface area contributed by atoms with Crippen LogP contribution in [0.3, 0.4) is 0 Å². The van der Waals surface area contributed by atoms with Gasteiger partial charge in [0.1, 0.15) is 11.6 Å². The summed E-state index contributed by atoms with van der Waals surface area (Å²) in [4.78, 5) is 19.0. The van der Waals surface area contributed by atoms with Gasteiger partial charge in [0, 0.05) is 43.4 Å². The van der Waals surface area contributed by atoms with Crippen LogP contribution in [0.25, 0.3) is 11.1 Å². The molecule has 38 heavy (non-hydrogen) atoms. The maximum Gasteiger partial charge on any atom is 0.307 e. The van der Waals surface area contributed by atoms with E-state index >= 15 is 0 Å². The van der Waals surface area contributed by atoms with Gasteiger partial charge < -0.3 is 19.5 Å². The molecule has 6 nitrogen and oxygen atoms in total. The van der Waals surface area contributed by atoms with Gasteiger partial charge in [0.2, 0.25) is 0 Å². The number of carboxylic acids is 1. The van der Waals surface area contributed by atoms with Crippen LogP contribution in [0.2, 0.25) is 0 Å². The Morgan fingerprint density at radius 1 is 1.08 bits per heavy atom. The van der Waals surface area contributed by atoms with Crippen LogP contribution < -0.4 is 9.64 Å². The lowest BCUT2D eigenvalue weighted by atomic mass is 9.82. The van der Waals surface area contributed by atoms with Crippen molar-refractivity contribution in [3.05, 3.63) is 76.9 Å². The fourth-order valence-electron chi connectivity index (χ4n) is 5.03. The van der Waals surface area contributed by atoms with Crippen LogP contribution in [0.1, 0.15) is 49.2 Å². The largest absolute Gasteiger partial charge is 0.493 e. The minimum Gasteiger partial charge on any atom is -0.493 e. The van der Waals surface area contributed by atoms with E-state index in [2.05, 4.69) is 18.7 Å². The molecule has 0 amide bonds. The highest BCUT2D eigenvalue weighted by Gasteiger charge is 2.30. The van der Waals surface area contributed by atoms with Gasteiger partial charge in [-0.25, -0.2) is 4.39 Å². The van der Waals surface area contributed by atoms with Gasteiger partial charge in [-0.2, -0.15) is 0 Å². The smallest absolute Gasteiger partial charge is 0.307 e. The fourth-order valence-corrected chi connectivity index (χ4v) is 5.03. The third kappa shape index (κ3) is 6.70. The lowest BCUT2D eigenvalue weighted by Gasteiger charge is -2.40. The lowest BCUT2D eigenvalue weighted by Crippen LogP contribution is -2.38. The molecule has 0 radical (unpaired) electrons. The second kappa shape index (κ2) is 11.9. The monoisotopic (exact) mass is 520 g/mol.